The van der Waals surface area contributed by atoms with Crippen LogP contribution >= 0.6 is 12.4 Å². The predicted octanol–water partition coefficient (Wildman–Crippen LogP) is 4.81. The van der Waals surface area contributed by atoms with E-state index in [0.29, 0.717) is 6.04 Å². The Hall–Kier alpha value is -1.71. The quantitative estimate of drug-likeness (QED) is 0.822. The first kappa shape index (κ1) is 17.6. The van der Waals surface area contributed by atoms with E-state index in [2.05, 4.69) is 5.32 Å². The van der Waals surface area contributed by atoms with Gasteiger partial charge in [-0.2, -0.15) is 0 Å². The van der Waals surface area contributed by atoms with Crippen LogP contribution in [0.3, 0.4) is 0 Å². The Morgan fingerprint density at radius 2 is 1.57 bits per heavy atom. The average Bonchev–Trinajstić information content (AvgIpc) is 2.58. The summed E-state index contributed by atoms with van der Waals surface area (Å²) in [6.07, 6.45) is 4.99. The topological polar surface area (TPSA) is 30.5 Å². The monoisotopic (exact) mass is 333 g/mol. The number of hydrogen-bond donors (Lipinski definition) is 1. The molecule has 2 aromatic carbocycles. The lowest BCUT2D eigenvalue weighted by atomic mass is 10.0. The molecule has 0 aliphatic carbocycles. The molecule has 0 radical (unpaired) electrons. The van der Waals surface area contributed by atoms with Crippen LogP contribution in [0.4, 0.5) is 0 Å². The molecule has 0 saturated carbocycles. The number of ether oxygens (including phenoxy) is 2. The Labute approximate surface area is 144 Å². The van der Waals surface area contributed by atoms with Crippen molar-refractivity contribution in [2.24, 2.45) is 0 Å². The van der Waals surface area contributed by atoms with Crippen LogP contribution in [-0.2, 0) is 0 Å². The van der Waals surface area contributed by atoms with Gasteiger partial charge in [0.1, 0.15) is 17.2 Å². The van der Waals surface area contributed by atoms with E-state index in [4.69, 9.17) is 9.47 Å². The molecule has 1 aliphatic rings. The Morgan fingerprint density at radius 3 is 2.26 bits per heavy atom. The zero-order valence-electron chi connectivity index (χ0n) is 13.2. The van der Waals surface area contributed by atoms with Crippen molar-refractivity contribution in [1.29, 1.82) is 0 Å². The van der Waals surface area contributed by atoms with Crippen molar-refractivity contribution < 1.29 is 9.47 Å². The summed E-state index contributed by atoms with van der Waals surface area (Å²) in [5.74, 6) is 2.57. The van der Waals surface area contributed by atoms with Crippen LogP contribution in [0, 0.1) is 0 Å². The summed E-state index contributed by atoms with van der Waals surface area (Å²) in [4.78, 5) is 0. The number of piperidine rings is 1. The molecule has 23 heavy (non-hydrogen) atoms. The van der Waals surface area contributed by atoms with Gasteiger partial charge in [0, 0.05) is 6.04 Å². The summed E-state index contributed by atoms with van der Waals surface area (Å²) < 4.78 is 11.6. The lowest BCUT2D eigenvalue weighted by molar-refractivity contribution is 0.268. The van der Waals surface area contributed by atoms with E-state index >= 15 is 0 Å². The number of hydrogen-bond acceptors (Lipinski definition) is 3. The first-order chi connectivity index (χ1) is 10.9. The molecule has 3 nitrogen and oxygen atoms in total. The van der Waals surface area contributed by atoms with Crippen LogP contribution in [-0.4, -0.2) is 19.2 Å². The van der Waals surface area contributed by atoms with Gasteiger partial charge < -0.3 is 14.8 Å². The fourth-order valence-corrected chi connectivity index (χ4v) is 2.72. The first-order valence-electron chi connectivity index (χ1n) is 8.09. The molecule has 1 N–H and O–H groups in total. The molecule has 1 unspecified atom stereocenters. The first-order valence-corrected chi connectivity index (χ1v) is 8.09. The second-order valence-electron chi connectivity index (χ2n) is 5.67. The highest BCUT2D eigenvalue weighted by Gasteiger charge is 2.11. The van der Waals surface area contributed by atoms with E-state index in [1.54, 1.807) is 0 Å². The predicted molar refractivity (Wildman–Crippen MR) is 96.0 cm³/mol. The highest BCUT2D eigenvalue weighted by Crippen LogP contribution is 2.23. The van der Waals surface area contributed by atoms with Gasteiger partial charge in [-0.15, -0.1) is 12.4 Å². The molecule has 1 heterocycles. The van der Waals surface area contributed by atoms with E-state index in [9.17, 15) is 0 Å². The van der Waals surface area contributed by atoms with Crippen LogP contribution in [0.2, 0.25) is 0 Å². The van der Waals surface area contributed by atoms with Gasteiger partial charge in [0.05, 0.1) is 6.61 Å². The molecular formula is C19H24ClNO2. The molecule has 1 saturated heterocycles. The van der Waals surface area contributed by atoms with E-state index in [0.717, 1.165) is 36.8 Å². The zero-order valence-corrected chi connectivity index (χ0v) is 14.1. The van der Waals surface area contributed by atoms with Gasteiger partial charge in [-0.05, 0) is 62.2 Å². The van der Waals surface area contributed by atoms with Gasteiger partial charge in [-0.3, -0.25) is 0 Å². The second kappa shape index (κ2) is 9.43. The van der Waals surface area contributed by atoms with Gasteiger partial charge in [0.2, 0.25) is 0 Å². The SMILES string of the molecule is Cl.c1ccc(Oc2ccc(OCCC3CCCCN3)cc2)cc1. The fraction of sp³-hybridized carbons (Fsp3) is 0.368. The maximum atomic E-state index is 5.82. The van der Waals surface area contributed by atoms with Crippen LogP contribution in [0.25, 0.3) is 0 Å². The summed E-state index contributed by atoms with van der Waals surface area (Å²) in [5, 5.41) is 3.54. The van der Waals surface area contributed by atoms with Crippen molar-refractivity contribution >= 4 is 12.4 Å². The largest absolute Gasteiger partial charge is 0.494 e. The van der Waals surface area contributed by atoms with E-state index < -0.39 is 0 Å². The lowest BCUT2D eigenvalue weighted by Gasteiger charge is -2.23. The molecule has 0 spiro atoms. The van der Waals surface area contributed by atoms with Crippen molar-refractivity contribution in [3.63, 3.8) is 0 Å². The Bertz CT molecular complexity index is 553. The maximum absolute atomic E-state index is 5.82. The lowest BCUT2D eigenvalue weighted by Crippen LogP contribution is -2.35. The van der Waals surface area contributed by atoms with Crippen molar-refractivity contribution in [1.82, 2.24) is 5.32 Å². The molecule has 124 valence electrons. The zero-order chi connectivity index (χ0) is 15.0. The third-order valence-corrected chi connectivity index (χ3v) is 3.95. The molecular weight excluding hydrogens is 310 g/mol. The van der Waals surface area contributed by atoms with Crippen molar-refractivity contribution in [2.75, 3.05) is 13.2 Å². The Morgan fingerprint density at radius 1 is 0.870 bits per heavy atom. The van der Waals surface area contributed by atoms with Gasteiger partial charge in [-0.25, -0.2) is 0 Å². The second-order valence-corrected chi connectivity index (χ2v) is 5.67. The third kappa shape index (κ3) is 5.77. The summed E-state index contributed by atoms with van der Waals surface area (Å²) >= 11 is 0. The molecule has 0 bridgehead atoms. The Kier molecular flexibility index (Phi) is 7.24. The van der Waals surface area contributed by atoms with Crippen LogP contribution < -0.4 is 14.8 Å². The smallest absolute Gasteiger partial charge is 0.127 e. The minimum absolute atomic E-state index is 0. The number of rotatable bonds is 6. The fourth-order valence-electron chi connectivity index (χ4n) is 2.72. The van der Waals surface area contributed by atoms with Gasteiger partial charge in [-0.1, -0.05) is 24.6 Å². The highest BCUT2D eigenvalue weighted by atomic mass is 35.5. The maximum Gasteiger partial charge on any atom is 0.127 e. The molecule has 1 fully saturated rings. The number of nitrogens with one attached hydrogen (secondary N) is 1. The summed E-state index contributed by atoms with van der Waals surface area (Å²) in [6, 6.07) is 18.2. The summed E-state index contributed by atoms with van der Waals surface area (Å²) in [5.41, 5.74) is 0. The van der Waals surface area contributed by atoms with Gasteiger partial charge in [0.15, 0.2) is 0 Å². The molecule has 1 atom stereocenters. The summed E-state index contributed by atoms with van der Waals surface area (Å²) in [6.45, 7) is 1.91. The van der Waals surface area contributed by atoms with Crippen LogP contribution in [0.5, 0.6) is 17.2 Å². The van der Waals surface area contributed by atoms with Gasteiger partial charge in [0.25, 0.3) is 0 Å². The van der Waals surface area contributed by atoms with Gasteiger partial charge >= 0.3 is 0 Å². The third-order valence-electron chi connectivity index (χ3n) is 3.95. The van der Waals surface area contributed by atoms with Crippen LogP contribution in [0.15, 0.2) is 54.6 Å². The van der Waals surface area contributed by atoms with Crippen molar-refractivity contribution in [3.8, 4) is 17.2 Å². The standard InChI is InChI=1S/C19H23NO2.ClH/c1-2-7-18(8-3-1)22-19-11-9-17(10-12-19)21-15-13-16-6-4-5-14-20-16;/h1-3,7-12,16,20H,4-6,13-15H2;1H. The van der Waals surface area contributed by atoms with E-state index in [1.165, 1.54) is 19.3 Å². The Balaban J connectivity index is 0.00000192. The minimum Gasteiger partial charge on any atom is -0.494 e. The molecule has 0 aromatic heterocycles. The number of benzene rings is 2. The highest BCUT2D eigenvalue weighted by molar-refractivity contribution is 5.85. The van der Waals surface area contributed by atoms with E-state index in [1.807, 2.05) is 54.6 Å². The average molecular weight is 334 g/mol. The van der Waals surface area contributed by atoms with Crippen molar-refractivity contribution in [2.45, 2.75) is 31.7 Å². The molecule has 4 heteroatoms. The van der Waals surface area contributed by atoms with Crippen LogP contribution in [0.1, 0.15) is 25.7 Å². The molecule has 1 aliphatic heterocycles. The normalized spacial score (nSPS) is 17.1. The molecule has 2 aromatic rings. The summed E-state index contributed by atoms with van der Waals surface area (Å²) in [7, 11) is 0. The molecule has 3 rings (SSSR count). The number of para-hydroxylation sites is 1. The number of halogens is 1. The van der Waals surface area contributed by atoms with E-state index in [-0.39, 0.29) is 12.4 Å². The minimum atomic E-state index is 0. The van der Waals surface area contributed by atoms with Crippen molar-refractivity contribution in [3.05, 3.63) is 54.6 Å². The molecule has 0 amide bonds.